The molecule has 1 unspecified atom stereocenters. The Hall–Kier alpha value is -3.13. The van der Waals surface area contributed by atoms with Gasteiger partial charge in [0, 0.05) is 31.5 Å². The molecule has 168 valence electrons. The lowest BCUT2D eigenvalue weighted by molar-refractivity contribution is -0.222. The van der Waals surface area contributed by atoms with Crippen molar-refractivity contribution < 1.29 is 33.4 Å². The van der Waals surface area contributed by atoms with Crippen molar-refractivity contribution in [3.8, 4) is 0 Å². The van der Waals surface area contributed by atoms with Crippen LogP contribution in [-0.4, -0.2) is 36.1 Å². The summed E-state index contributed by atoms with van der Waals surface area (Å²) in [4.78, 5) is 49.7. The van der Waals surface area contributed by atoms with Crippen molar-refractivity contribution >= 4 is 41.0 Å². The molecule has 2 aliphatic carbocycles. The Balaban J connectivity index is 1.67. The van der Waals surface area contributed by atoms with Crippen molar-refractivity contribution in [3.63, 3.8) is 0 Å². The van der Waals surface area contributed by atoms with Gasteiger partial charge in [0.25, 0.3) is 5.79 Å². The summed E-state index contributed by atoms with van der Waals surface area (Å²) in [5, 5.41) is 3.08. The average Bonchev–Trinajstić information content (AvgIpc) is 3.52. The molecular weight excluding hydrogens is 438 g/mol. The zero-order chi connectivity index (χ0) is 23.2. The summed E-state index contributed by atoms with van der Waals surface area (Å²) < 4.78 is 15.2. The molecule has 32 heavy (non-hydrogen) atoms. The second kappa shape index (κ2) is 8.09. The Labute approximate surface area is 189 Å². The van der Waals surface area contributed by atoms with Gasteiger partial charge >= 0.3 is 17.9 Å². The lowest BCUT2D eigenvalue weighted by Gasteiger charge is -2.29. The molecule has 9 heteroatoms. The third-order valence-corrected chi connectivity index (χ3v) is 5.76. The smallest absolute Gasteiger partial charge is 0.350 e. The van der Waals surface area contributed by atoms with Crippen LogP contribution < -0.4 is 5.32 Å². The van der Waals surface area contributed by atoms with Crippen molar-refractivity contribution in [1.82, 2.24) is 0 Å². The van der Waals surface area contributed by atoms with Gasteiger partial charge in [0.05, 0.1) is 17.3 Å². The molecule has 0 amide bonds. The number of esters is 3. The molecule has 1 saturated carbocycles. The number of ether oxygens (including phenoxy) is 3. The van der Waals surface area contributed by atoms with Gasteiger partial charge in [-0.3, -0.25) is 4.79 Å². The minimum atomic E-state index is -1.35. The maximum atomic E-state index is 13.1. The number of allylic oxidation sites excluding steroid dienone is 1. The van der Waals surface area contributed by atoms with E-state index in [4.69, 9.17) is 25.8 Å². The lowest BCUT2D eigenvalue weighted by atomic mass is 9.80. The van der Waals surface area contributed by atoms with E-state index in [0.717, 1.165) is 24.6 Å². The summed E-state index contributed by atoms with van der Waals surface area (Å²) in [7, 11) is 0. The van der Waals surface area contributed by atoms with E-state index in [2.05, 4.69) is 5.32 Å². The van der Waals surface area contributed by atoms with Crippen molar-refractivity contribution in [2.45, 2.75) is 45.3 Å². The van der Waals surface area contributed by atoms with Gasteiger partial charge < -0.3 is 19.5 Å². The fraction of sp³-hybridized carbons (Fsp3) is 0.391. The number of hydrogen-bond donors (Lipinski definition) is 1. The first-order valence-electron chi connectivity index (χ1n) is 10.3. The Kier molecular flexibility index (Phi) is 5.58. The highest BCUT2D eigenvalue weighted by atomic mass is 35.5. The molecule has 0 spiro atoms. The number of anilines is 1. The number of carbonyl (C=O) groups is 4. The van der Waals surface area contributed by atoms with Gasteiger partial charge in [0.2, 0.25) is 0 Å². The minimum Gasteiger partial charge on any atom is -0.462 e. The van der Waals surface area contributed by atoms with Crippen LogP contribution >= 0.6 is 11.6 Å². The Bertz CT molecular complexity index is 1080. The van der Waals surface area contributed by atoms with Crippen LogP contribution in [0.15, 0.2) is 35.6 Å². The zero-order valence-corrected chi connectivity index (χ0v) is 18.6. The third kappa shape index (κ3) is 4.14. The number of rotatable bonds is 5. The van der Waals surface area contributed by atoms with E-state index in [9.17, 15) is 19.2 Å². The van der Waals surface area contributed by atoms with E-state index in [1.54, 1.807) is 19.1 Å². The highest BCUT2D eigenvalue weighted by Gasteiger charge is 2.40. The molecule has 1 atom stereocenters. The van der Waals surface area contributed by atoms with Gasteiger partial charge in [-0.2, -0.15) is 0 Å². The highest BCUT2D eigenvalue weighted by molar-refractivity contribution is 6.34. The molecule has 1 aromatic rings. The van der Waals surface area contributed by atoms with Gasteiger partial charge in [0.15, 0.2) is 11.4 Å². The molecule has 2 fully saturated rings. The number of halogens is 1. The number of cyclic esters (lactones) is 2. The topological polar surface area (TPSA) is 108 Å². The van der Waals surface area contributed by atoms with Crippen molar-refractivity contribution in [1.29, 1.82) is 0 Å². The SMILES string of the molecule is CCOC(=O)C1=CC(C2CC2)c2cc(Cl)c(NC=C3C(=O)OC(C)(C)OC3=O)cc2C1=O. The summed E-state index contributed by atoms with van der Waals surface area (Å²) >= 11 is 6.44. The number of nitrogens with one attached hydrogen (secondary N) is 1. The summed E-state index contributed by atoms with van der Waals surface area (Å²) in [6, 6.07) is 3.19. The van der Waals surface area contributed by atoms with E-state index in [0.29, 0.717) is 16.5 Å². The molecule has 1 aliphatic heterocycles. The number of fused-ring (bicyclic) bond motifs is 1. The third-order valence-electron chi connectivity index (χ3n) is 5.45. The van der Waals surface area contributed by atoms with E-state index >= 15 is 0 Å². The maximum absolute atomic E-state index is 13.1. The normalized spacial score (nSPS) is 21.8. The van der Waals surface area contributed by atoms with Crippen LogP contribution in [-0.2, 0) is 28.6 Å². The number of carbonyl (C=O) groups excluding carboxylic acids is 4. The molecule has 1 saturated heterocycles. The van der Waals surface area contributed by atoms with E-state index < -0.39 is 29.5 Å². The summed E-state index contributed by atoms with van der Waals surface area (Å²) in [5.41, 5.74) is 1.02. The Morgan fingerprint density at radius 1 is 1.22 bits per heavy atom. The van der Waals surface area contributed by atoms with Crippen LogP contribution in [0.25, 0.3) is 0 Å². The second-order valence-electron chi connectivity index (χ2n) is 8.29. The Morgan fingerprint density at radius 2 is 1.88 bits per heavy atom. The number of Topliss-reactive ketones (excluding diaryl/α,β-unsaturated/α-hetero) is 1. The van der Waals surface area contributed by atoms with Gasteiger partial charge in [0.1, 0.15) is 5.57 Å². The molecule has 0 aromatic heterocycles. The lowest BCUT2D eigenvalue weighted by Crippen LogP contribution is -2.42. The molecule has 3 aliphatic rings. The van der Waals surface area contributed by atoms with E-state index in [1.165, 1.54) is 19.9 Å². The van der Waals surface area contributed by atoms with E-state index in [-0.39, 0.29) is 29.4 Å². The Morgan fingerprint density at radius 3 is 2.47 bits per heavy atom. The van der Waals surface area contributed by atoms with Crippen LogP contribution in [0.5, 0.6) is 0 Å². The molecule has 8 nitrogen and oxygen atoms in total. The molecule has 0 bridgehead atoms. The first-order valence-corrected chi connectivity index (χ1v) is 10.7. The first kappa shape index (κ1) is 22.1. The van der Waals surface area contributed by atoms with Crippen LogP contribution in [0.3, 0.4) is 0 Å². The van der Waals surface area contributed by atoms with Gasteiger partial charge in [-0.1, -0.05) is 17.7 Å². The maximum Gasteiger partial charge on any atom is 0.350 e. The van der Waals surface area contributed by atoms with Gasteiger partial charge in [-0.05, 0) is 43.4 Å². The molecule has 0 radical (unpaired) electrons. The highest BCUT2D eigenvalue weighted by Crippen LogP contribution is 2.48. The van der Waals surface area contributed by atoms with Crippen molar-refractivity contribution in [2.75, 3.05) is 11.9 Å². The monoisotopic (exact) mass is 459 g/mol. The van der Waals surface area contributed by atoms with Crippen LogP contribution in [0.4, 0.5) is 5.69 Å². The molecule has 1 heterocycles. The van der Waals surface area contributed by atoms with Gasteiger partial charge in [-0.15, -0.1) is 0 Å². The molecule has 1 aromatic carbocycles. The standard InChI is InChI=1S/C23H22ClNO7/c1-4-30-20(27)15-7-12(11-5-6-11)13-8-17(24)18(9-14(13)19(15)26)25-10-16-21(28)31-23(2,3)32-22(16)29/h7-12,25H,4-6H2,1-3H3. The summed E-state index contributed by atoms with van der Waals surface area (Å²) in [6.45, 7) is 4.73. The summed E-state index contributed by atoms with van der Waals surface area (Å²) in [5.74, 6) is -3.93. The quantitative estimate of drug-likeness (QED) is 0.404. The minimum absolute atomic E-state index is 0.00421. The van der Waals surface area contributed by atoms with Crippen LogP contribution in [0, 0.1) is 5.92 Å². The fourth-order valence-corrected chi connectivity index (χ4v) is 4.03. The zero-order valence-electron chi connectivity index (χ0n) is 17.8. The molecule has 1 N–H and O–H groups in total. The number of ketones is 1. The molecule has 4 rings (SSSR count). The van der Waals surface area contributed by atoms with E-state index in [1.807, 2.05) is 0 Å². The number of hydrogen-bond acceptors (Lipinski definition) is 8. The first-order chi connectivity index (χ1) is 15.1. The predicted octanol–water partition coefficient (Wildman–Crippen LogP) is 3.65. The second-order valence-corrected chi connectivity index (χ2v) is 8.70. The average molecular weight is 460 g/mol. The molecular formula is C23H22ClNO7. The van der Waals surface area contributed by atoms with Crippen LogP contribution in [0.2, 0.25) is 5.02 Å². The van der Waals surface area contributed by atoms with Crippen molar-refractivity contribution in [3.05, 3.63) is 51.7 Å². The fourth-order valence-electron chi connectivity index (χ4n) is 3.81. The van der Waals surface area contributed by atoms with Crippen molar-refractivity contribution in [2.24, 2.45) is 5.92 Å². The van der Waals surface area contributed by atoms with Crippen LogP contribution in [0.1, 0.15) is 55.5 Å². The summed E-state index contributed by atoms with van der Waals surface area (Å²) in [6.07, 6.45) is 4.80. The predicted molar refractivity (Wildman–Crippen MR) is 114 cm³/mol. The van der Waals surface area contributed by atoms with Gasteiger partial charge in [-0.25, -0.2) is 14.4 Å². The number of benzene rings is 1. The largest absolute Gasteiger partial charge is 0.462 e.